The molecule has 0 aromatic carbocycles. The van der Waals surface area contributed by atoms with Gasteiger partial charge in [0.15, 0.2) is 0 Å². The van der Waals surface area contributed by atoms with Crippen LogP contribution in [0.5, 0.6) is 0 Å². The predicted molar refractivity (Wildman–Crippen MR) is 78.8 cm³/mol. The van der Waals surface area contributed by atoms with E-state index >= 15 is 0 Å². The summed E-state index contributed by atoms with van der Waals surface area (Å²) >= 11 is 0. The van der Waals surface area contributed by atoms with Crippen molar-refractivity contribution in [2.45, 2.75) is 51.5 Å². The molecule has 4 nitrogen and oxygen atoms in total. The molecule has 0 unspecified atom stereocenters. The number of aromatic nitrogens is 2. The van der Waals surface area contributed by atoms with Crippen molar-refractivity contribution in [1.82, 2.24) is 14.9 Å². The summed E-state index contributed by atoms with van der Waals surface area (Å²) in [5.41, 5.74) is 1.25. The first-order valence-corrected chi connectivity index (χ1v) is 7.92. The molecule has 4 heteroatoms. The molecule has 0 spiro atoms. The monoisotopic (exact) mass is 262 g/mol. The molecule has 2 fully saturated rings. The van der Waals surface area contributed by atoms with E-state index in [9.17, 15) is 0 Å². The minimum atomic E-state index is 0.687. The summed E-state index contributed by atoms with van der Waals surface area (Å²) in [5.74, 6) is 1.23. The molecule has 1 aromatic heterocycles. The second-order valence-corrected chi connectivity index (χ2v) is 5.82. The summed E-state index contributed by atoms with van der Waals surface area (Å²) in [5, 5.41) is 3.43. The van der Waals surface area contributed by atoms with Crippen LogP contribution in [-0.2, 0) is 6.42 Å². The van der Waals surface area contributed by atoms with Crippen LogP contribution in [0.4, 0.5) is 5.95 Å². The second kappa shape index (κ2) is 5.95. The smallest absolute Gasteiger partial charge is 0.206 e. The maximum atomic E-state index is 4.89. The summed E-state index contributed by atoms with van der Waals surface area (Å²) in [6.07, 6.45) is 10.2. The number of aryl methyl sites for hydroxylation is 1. The van der Waals surface area contributed by atoms with Gasteiger partial charge in [0.05, 0.1) is 5.69 Å². The third-order valence-electron chi connectivity index (χ3n) is 4.49. The van der Waals surface area contributed by atoms with Gasteiger partial charge < -0.3 is 14.8 Å². The Labute approximate surface area is 116 Å². The highest BCUT2D eigenvalue weighted by Crippen LogP contribution is 2.32. The fourth-order valence-electron chi connectivity index (χ4n) is 3.33. The lowest BCUT2D eigenvalue weighted by molar-refractivity contribution is 0.352. The molecule has 2 aliphatic rings. The number of hydrogen-bond acceptors (Lipinski definition) is 3. The highest BCUT2D eigenvalue weighted by Gasteiger charge is 2.23. The first-order chi connectivity index (χ1) is 9.38. The van der Waals surface area contributed by atoms with E-state index in [0.29, 0.717) is 6.04 Å². The molecule has 1 saturated heterocycles. The molecular weight excluding hydrogens is 236 g/mol. The van der Waals surface area contributed by atoms with Gasteiger partial charge >= 0.3 is 0 Å². The third-order valence-corrected chi connectivity index (χ3v) is 4.49. The molecule has 1 aliphatic carbocycles. The van der Waals surface area contributed by atoms with Gasteiger partial charge in [-0.25, -0.2) is 4.98 Å². The quantitative estimate of drug-likeness (QED) is 0.908. The van der Waals surface area contributed by atoms with Crippen molar-refractivity contribution in [3.63, 3.8) is 0 Å². The van der Waals surface area contributed by atoms with Gasteiger partial charge in [0, 0.05) is 38.4 Å². The van der Waals surface area contributed by atoms with Crippen molar-refractivity contribution < 1.29 is 0 Å². The Kier molecular flexibility index (Phi) is 4.06. The first-order valence-electron chi connectivity index (χ1n) is 7.92. The molecule has 1 saturated carbocycles. The molecule has 106 valence electrons. The van der Waals surface area contributed by atoms with Crippen molar-refractivity contribution in [3.8, 4) is 0 Å². The van der Waals surface area contributed by atoms with E-state index < -0.39 is 0 Å². The van der Waals surface area contributed by atoms with Crippen LogP contribution in [0, 0.1) is 0 Å². The average molecular weight is 262 g/mol. The lowest BCUT2D eigenvalue weighted by Gasteiger charge is -2.32. The third kappa shape index (κ3) is 2.78. The zero-order valence-corrected chi connectivity index (χ0v) is 12.1. The molecule has 1 aliphatic heterocycles. The average Bonchev–Trinajstić information content (AvgIpc) is 2.93. The van der Waals surface area contributed by atoms with Crippen LogP contribution < -0.4 is 10.2 Å². The molecule has 1 N–H and O–H groups in total. The fourth-order valence-corrected chi connectivity index (χ4v) is 3.33. The van der Waals surface area contributed by atoms with Gasteiger partial charge in [0.25, 0.3) is 0 Å². The van der Waals surface area contributed by atoms with Crippen LogP contribution in [0.25, 0.3) is 0 Å². The second-order valence-electron chi connectivity index (χ2n) is 5.82. The molecule has 2 heterocycles. The number of nitrogens with zero attached hydrogens (tertiary/aromatic N) is 3. The Hall–Kier alpha value is -1.03. The van der Waals surface area contributed by atoms with Gasteiger partial charge in [-0.1, -0.05) is 26.2 Å². The van der Waals surface area contributed by atoms with Crippen molar-refractivity contribution >= 4 is 5.95 Å². The SMILES string of the molecule is CCc1cn(C2CCCCC2)c(N2CCNCC2)n1. The van der Waals surface area contributed by atoms with Crippen LogP contribution in [-0.4, -0.2) is 35.7 Å². The fraction of sp³-hybridized carbons (Fsp3) is 0.800. The zero-order chi connectivity index (χ0) is 13.1. The van der Waals surface area contributed by atoms with Crippen molar-refractivity contribution in [2.75, 3.05) is 31.1 Å². The summed E-state index contributed by atoms with van der Waals surface area (Å²) in [7, 11) is 0. The summed E-state index contributed by atoms with van der Waals surface area (Å²) < 4.78 is 2.49. The van der Waals surface area contributed by atoms with Gasteiger partial charge in [0.1, 0.15) is 0 Å². The number of piperazine rings is 1. The van der Waals surface area contributed by atoms with Crippen LogP contribution in [0.1, 0.15) is 50.8 Å². The molecular formula is C15H26N4. The van der Waals surface area contributed by atoms with E-state index in [4.69, 9.17) is 4.98 Å². The molecule has 0 radical (unpaired) electrons. The van der Waals surface area contributed by atoms with Gasteiger partial charge in [-0.15, -0.1) is 0 Å². The van der Waals surface area contributed by atoms with E-state index in [-0.39, 0.29) is 0 Å². The number of anilines is 1. The van der Waals surface area contributed by atoms with E-state index in [0.717, 1.165) is 32.6 Å². The lowest BCUT2D eigenvalue weighted by atomic mass is 9.95. The van der Waals surface area contributed by atoms with Crippen LogP contribution in [0.3, 0.4) is 0 Å². The Bertz CT molecular complexity index is 365. The Morgan fingerprint density at radius 2 is 1.95 bits per heavy atom. The number of nitrogens with one attached hydrogen (secondary N) is 1. The van der Waals surface area contributed by atoms with Crippen molar-refractivity contribution in [1.29, 1.82) is 0 Å². The predicted octanol–water partition coefficient (Wildman–Crippen LogP) is 2.36. The van der Waals surface area contributed by atoms with E-state index in [1.54, 1.807) is 0 Å². The standard InChI is InChI=1S/C15H26N4/c1-2-13-12-19(14-6-4-3-5-7-14)15(17-13)18-10-8-16-9-11-18/h12,14,16H,2-11H2,1H3. The maximum Gasteiger partial charge on any atom is 0.206 e. The zero-order valence-electron chi connectivity index (χ0n) is 12.1. The van der Waals surface area contributed by atoms with E-state index in [2.05, 4.69) is 27.9 Å². The van der Waals surface area contributed by atoms with Gasteiger partial charge in [-0.3, -0.25) is 0 Å². The number of imidazole rings is 1. The molecule has 0 atom stereocenters. The van der Waals surface area contributed by atoms with Gasteiger partial charge in [-0.05, 0) is 19.3 Å². The van der Waals surface area contributed by atoms with Gasteiger partial charge in [0.2, 0.25) is 5.95 Å². The summed E-state index contributed by atoms with van der Waals surface area (Å²) in [6, 6.07) is 0.687. The Morgan fingerprint density at radius 1 is 1.21 bits per heavy atom. The largest absolute Gasteiger partial charge is 0.340 e. The minimum Gasteiger partial charge on any atom is -0.340 e. The van der Waals surface area contributed by atoms with E-state index in [1.807, 2.05) is 0 Å². The molecule has 0 bridgehead atoms. The van der Waals surface area contributed by atoms with E-state index in [1.165, 1.54) is 43.7 Å². The van der Waals surface area contributed by atoms with Crippen LogP contribution in [0.2, 0.25) is 0 Å². The number of rotatable bonds is 3. The first kappa shape index (κ1) is 13.0. The van der Waals surface area contributed by atoms with Crippen LogP contribution >= 0.6 is 0 Å². The molecule has 1 aromatic rings. The summed E-state index contributed by atoms with van der Waals surface area (Å²) in [4.78, 5) is 7.35. The van der Waals surface area contributed by atoms with Crippen molar-refractivity contribution in [2.24, 2.45) is 0 Å². The van der Waals surface area contributed by atoms with Gasteiger partial charge in [-0.2, -0.15) is 0 Å². The normalized spacial score (nSPS) is 21.8. The lowest BCUT2D eigenvalue weighted by Crippen LogP contribution is -2.44. The summed E-state index contributed by atoms with van der Waals surface area (Å²) in [6.45, 7) is 6.55. The number of hydrogen-bond donors (Lipinski definition) is 1. The maximum absolute atomic E-state index is 4.89. The minimum absolute atomic E-state index is 0.687. The highest BCUT2D eigenvalue weighted by molar-refractivity contribution is 5.35. The van der Waals surface area contributed by atoms with Crippen LogP contribution in [0.15, 0.2) is 6.20 Å². The Balaban J connectivity index is 1.85. The van der Waals surface area contributed by atoms with Crippen molar-refractivity contribution in [3.05, 3.63) is 11.9 Å². The molecule has 0 amide bonds. The Morgan fingerprint density at radius 3 is 2.63 bits per heavy atom. The molecule has 3 rings (SSSR count). The molecule has 19 heavy (non-hydrogen) atoms. The highest BCUT2D eigenvalue weighted by atomic mass is 15.3. The topological polar surface area (TPSA) is 33.1 Å².